The van der Waals surface area contributed by atoms with Crippen molar-refractivity contribution in [2.75, 3.05) is 18.5 Å². The summed E-state index contributed by atoms with van der Waals surface area (Å²) in [7, 11) is 0. The molecule has 2 aromatic carbocycles. The molecule has 172 valence electrons. The number of rotatable bonds is 7. The molecule has 1 aliphatic rings. The van der Waals surface area contributed by atoms with Gasteiger partial charge in [0.25, 0.3) is 17.5 Å². The van der Waals surface area contributed by atoms with E-state index >= 15 is 0 Å². The van der Waals surface area contributed by atoms with Crippen LogP contribution in [0.5, 0.6) is 0 Å². The molecule has 34 heavy (non-hydrogen) atoms. The first kappa shape index (κ1) is 22.8. The molecule has 1 N–H and O–H groups in total. The number of thiophene rings is 1. The number of nitrogens with zero attached hydrogens (tertiary/aromatic N) is 2. The van der Waals surface area contributed by atoms with Gasteiger partial charge in [-0.3, -0.25) is 29.4 Å². The van der Waals surface area contributed by atoms with Crippen LogP contribution in [-0.4, -0.2) is 46.7 Å². The molecule has 0 bridgehead atoms. The maximum atomic E-state index is 12.8. The van der Waals surface area contributed by atoms with Gasteiger partial charge < -0.3 is 10.1 Å². The topological polar surface area (TPSA) is 136 Å². The van der Waals surface area contributed by atoms with E-state index in [1.165, 1.54) is 12.1 Å². The Kier molecular flexibility index (Phi) is 6.19. The van der Waals surface area contributed by atoms with Gasteiger partial charge in [0.1, 0.15) is 17.0 Å². The van der Waals surface area contributed by atoms with Crippen LogP contribution < -0.4 is 5.32 Å². The first-order valence-corrected chi connectivity index (χ1v) is 10.9. The summed E-state index contributed by atoms with van der Waals surface area (Å²) in [5.41, 5.74) is 0.00955. The van der Waals surface area contributed by atoms with E-state index in [9.17, 15) is 29.3 Å². The Morgan fingerprint density at radius 1 is 1.09 bits per heavy atom. The average Bonchev–Trinajstić information content (AvgIpc) is 3.35. The number of anilines is 1. The van der Waals surface area contributed by atoms with Gasteiger partial charge in [0.2, 0.25) is 5.91 Å². The van der Waals surface area contributed by atoms with Crippen molar-refractivity contribution in [1.82, 2.24) is 4.90 Å². The molecule has 0 radical (unpaired) electrons. The quantitative estimate of drug-likeness (QED) is 0.236. The SMILES string of the molecule is CCOC(=O)c1sc(-c2ccccc2)cc1NC(=O)CN1C(=O)c2cccc([N+](=O)[O-])c2C1=O. The molecule has 0 aliphatic carbocycles. The van der Waals surface area contributed by atoms with Crippen LogP contribution in [0, 0.1) is 10.1 Å². The monoisotopic (exact) mass is 479 g/mol. The number of ether oxygens (including phenoxy) is 1. The van der Waals surface area contributed by atoms with Gasteiger partial charge in [-0.15, -0.1) is 11.3 Å². The number of nitro benzene ring substituents is 1. The Morgan fingerprint density at radius 2 is 1.82 bits per heavy atom. The minimum absolute atomic E-state index is 0.138. The molecular formula is C23H17N3O7S. The Morgan fingerprint density at radius 3 is 2.50 bits per heavy atom. The first-order valence-electron chi connectivity index (χ1n) is 10.1. The van der Waals surface area contributed by atoms with Crippen molar-refractivity contribution in [1.29, 1.82) is 0 Å². The fraction of sp³-hybridized carbons (Fsp3) is 0.130. The van der Waals surface area contributed by atoms with Crippen molar-refractivity contribution in [3.63, 3.8) is 0 Å². The minimum Gasteiger partial charge on any atom is -0.462 e. The number of benzene rings is 2. The largest absolute Gasteiger partial charge is 0.462 e. The number of nitrogens with one attached hydrogen (secondary N) is 1. The van der Waals surface area contributed by atoms with Gasteiger partial charge in [-0.1, -0.05) is 36.4 Å². The van der Waals surface area contributed by atoms with Crippen LogP contribution in [0.25, 0.3) is 10.4 Å². The highest BCUT2D eigenvalue weighted by Crippen LogP contribution is 2.36. The van der Waals surface area contributed by atoms with E-state index in [4.69, 9.17) is 4.74 Å². The number of hydrogen-bond acceptors (Lipinski definition) is 8. The third-order valence-corrected chi connectivity index (χ3v) is 6.16. The summed E-state index contributed by atoms with van der Waals surface area (Å²) in [5, 5.41) is 13.8. The number of nitro groups is 1. The standard InChI is InChI=1S/C23H17N3O7S/c1-2-33-23(30)20-15(11-17(34-20)13-7-4-3-5-8-13)24-18(27)12-25-21(28)14-9-6-10-16(26(31)32)19(14)22(25)29/h3-11H,2,12H2,1H3,(H,24,27). The van der Waals surface area contributed by atoms with Crippen molar-refractivity contribution in [2.45, 2.75) is 6.92 Å². The summed E-state index contributed by atoms with van der Waals surface area (Å²) >= 11 is 1.13. The summed E-state index contributed by atoms with van der Waals surface area (Å²) in [5.74, 6) is -3.11. The van der Waals surface area contributed by atoms with Gasteiger partial charge in [-0.05, 0) is 24.6 Å². The van der Waals surface area contributed by atoms with Crippen LogP contribution in [-0.2, 0) is 9.53 Å². The molecule has 0 fully saturated rings. The van der Waals surface area contributed by atoms with Gasteiger partial charge in [-0.2, -0.15) is 0 Å². The summed E-state index contributed by atoms with van der Waals surface area (Å²) in [6.45, 7) is 1.12. The van der Waals surface area contributed by atoms with E-state index < -0.39 is 40.8 Å². The average molecular weight is 479 g/mol. The number of carbonyl (C=O) groups excluding carboxylic acids is 4. The zero-order valence-electron chi connectivity index (χ0n) is 17.8. The zero-order valence-corrected chi connectivity index (χ0v) is 18.6. The van der Waals surface area contributed by atoms with Gasteiger partial charge >= 0.3 is 5.97 Å². The van der Waals surface area contributed by atoms with Crippen molar-refractivity contribution in [2.24, 2.45) is 0 Å². The normalized spacial score (nSPS) is 12.4. The third kappa shape index (κ3) is 4.16. The molecule has 4 rings (SSSR count). The van der Waals surface area contributed by atoms with E-state index in [-0.39, 0.29) is 28.3 Å². The number of imide groups is 1. The molecule has 10 nitrogen and oxygen atoms in total. The van der Waals surface area contributed by atoms with E-state index in [1.807, 2.05) is 30.3 Å². The third-order valence-electron chi connectivity index (χ3n) is 5.00. The molecule has 2 heterocycles. The predicted octanol–water partition coefficient (Wildman–Crippen LogP) is 3.73. The molecule has 1 aromatic heterocycles. The number of fused-ring (bicyclic) bond motifs is 1. The molecule has 0 saturated heterocycles. The smallest absolute Gasteiger partial charge is 0.350 e. The van der Waals surface area contributed by atoms with Crippen LogP contribution in [0.1, 0.15) is 37.3 Å². The molecule has 3 aromatic rings. The van der Waals surface area contributed by atoms with Gasteiger partial charge in [0.05, 0.1) is 22.8 Å². The summed E-state index contributed by atoms with van der Waals surface area (Å²) in [6.07, 6.45) is 0. The van der Waals surface area contributed by atoms with E-state index in [2.05, 4.69) is 5.32 Å². The Labute approximate surface area is 196 Å². The Bertz CT molecular complexity index is 1330. The summed E-state index contributed by atoms with van der Waals surface area (Å²) in [6, 6.07) is 14.5. The van der Waals surface area contributed by atoms with Crippen LogP contribution in [0.15, 0.2) is 54.6 Å². The van der Waals surface area contributed by atoms with Crippen molar-refractivity contribution >= 4 is 46.4 Å². The Hall–Kier alpha value is -4.38. The second-order valence-electron chi connectivity index (χ2n) is 7.14. The lowest BCUT2D eigenvalue weighted by Gasteiger charge is -2.13. The lowest BCUT2D eigenvalue weighted by atomic mass is 10.1. The van der Waals surface area contributed by atoms with Gasteiger partial charge in [-0.25, -0.2) is 4.79 Å². The number of esters is 1. The highest BCUT2D eigenvalue weighted by atomic mass is 32.1. The van der Waals surface area contributed by atoms with Crippen LogP contribution in [0.3, 0.4) is 0 Å². The van der Waals surface area contributed by atoms with E-state index in [0.29, 0.717) is 9.78 Å². The number of hydrogen-bond donors (Lipinski definition) is 1. The molecule has 11 heteroatoms. The maximum absolute atomic E-state index is 12.8. The molecular weight excluding hydrogens is 462 g/mol. The lowest BCUT2D eigenvalue weighted by molar-refractivity contribution is -0.385. The van der Waals surface area contributed by atoms with Crippen LogP contribution in [0.2, 0.25) is 0 Å². The molecule has 0 atom stereocenters. The fourth-order valence-electron chi connectivity index (χ4n) is 3.52. The fourth-order valence-corrected chi connectivity index (χ4v) is 4.53. The highest BCUT2D eigenvalue weighted by molar-refractivity contribution is 7.18. The number of amides is 3. The Balaban J connectivity index is 1.58. The minimum atomic E-state index is -0.927. The molecule has 0 unspecified atom stereocenters. The van der Waals surface area contributed by atoms with Crippen LogP contribution >= 0.6 is 11.3 Å². The van der Waals surface area contributed by atoms with Crippen molar-refractivity contribution < 1.29 is 28.8 Å². The van der Waals surface area contributed by atoms with Gasteiger partial charge in [0, 0.05) is 10.9 Å². The van der Waals surface area contributed by atoms with E-state index in [0.717, 1.165) is 23.0 Å². The van der Waals surface area contributed by atoms with Gasteiger partial charge in [0.15, 0.2) is 0 Å². The summed E-state index contributed by atoms with van der Waals surface area (Å²) < 4.78 is 5.08. The molecule has 0 spiro atoms. The predicted molar refractivity (Wildman–Crippen MR) is 123 cm³/mol. The highest BCUT2D eigenvalue weighted by Gasteiger charge is 2.41. The summed E-state index contributed by atoms with van der Waals surface area (Å²) in [4.78, 5) is 62.6. The van der Waals surface area contributed by atoms with Crippen LogP contribution in [0.4, 0.5) is 11.4 Å². The second kappa shape index (κ2) is 9.24. The molecule has 3 amide bonds. The molecule has 1 aliphatic heterocycles. The van der Waals surface area contributed by atoms with E-state index in [1.54, 1.807) is 13.0 Å². The zero-order chi connectivity index (χ0) is 24.4. The van der Waals surface area contributed by atoms with Crippen molar-refractivity contribution in [3.8, 4) is 10.4 Å². The second-order valence-corrected chi connectivity index (χ2v) is 8.19. The number of carbonyl (C=O) groups is 4. The molecule has 0 saturated carbocycles. The maximum Gasteiger partial charge on any atom is 0.350 e. The van der Waals surface area contributed by atoms with Crippen molar-refractivity contribution in [3.05, 3.63) is 80.7 Å². The lowest BCUT2D eigenvalue weighted by Crippen LogP contribution is -2.37. The first-order chi connectivity index (χ1) is 16.3.